The lowest BCUT2D eigenvalue weighted by Crippen LogP contribution is -2.11. The first-order valence-corrected chi connectivity index (χ1v) is 6.95. The monoisotopic (exact) mass is 299 g/mol. The zero-order valence-corrected chi connectivity index (χ0v) is 12.2. The summed E-state index contributed by atoms with van der Waals surface area (Å²) in [6, 6.07) is 15.4. The van der Waals surface area contributed by atoms with Crippen molar-refractivity contribution in [2.45, 2.75) is 6.54 Å². The first-order valence-electron chi connectivity index (χ1n) is 6.57. The van der Waals surface area contributed by atoms with Gasteiger partial charge in [0.2, 0.25) is 5.82 Å². The smallest absolute Gasteiger partial charge is 0.205 e. The van der Waals surface area contributed by atoms with Gasteiger partial charge >= 0.3 is 0 Å². The molecule has 0 fully saturated rings. The van der Waals surface area contributed by atoms with E-state index < -0.39 is 0 Å². The molecule has 106 valence electrons. The van der Waals surface area contributed by atoms with Gasteiger partial charge in [0.25, 0.3) is 0 Å². The van der Waals surface area contributed by atoms with Crippen LogP contribution in [0.2, 0.25) is 5.02 Å². The average Bonchev–Trinajstić information content (AvgIpc) is 3.00. The van der Waals surface area contributed by atoms with Crippen LogP contribution >= 0.6 is 11.6 Å². The van der Waals surface area contributed by atoms with E-state index in [-0.39, 0.29) is 0 Å². The summed E-state index contributed by atoms with van der Waals surface area (Å²) in [5, 5.41) is 16.5. The van der Waals surface area contributed by atoms with E-state index in [0.717, 1.165) is 16.8 Å². The fourth-order valence-corrected chi connectivity index (χ4v) is 2.34. The lowest BCUT2D eigenvalue weighted by atomic mass is 10.2. The van der Waals surface area contributed by atoms with E-state index in [0.29, 0.717) is 17.4 Å². The second-order valence-electron chi connectivity index (χ2n) is 4.54. The maximum Gasteiger partial charge on any atom is 0.205 e. The van der Waals surface area contributed by atoms with Crippen LogP contribution in [0.4, 0.5) is 0 Å². The molecule has 3 aromatic rings. The summed E-state index contributed by atoms with van der Waals surface area (Å²) < 4.78 is 0. The minimum atomic E-state index is 0.589. The van der Waals surface area contributed by atoms with Crippen LogP contribution in [0, 0.1) is 0 Å². The van der Waals surface area contributed by atoms with Gasteiger partial charge in [-0.2, -0.15) is 0 Å². The Kier molecular flexibility index (Phi) is 3.94. The molecule has 0 saturated heterocycles. The van der Waals surface area contributed by atoms with Crippen LogP contribution in [0.1, 0.15) is 5.56 Å². The summed E-state index contributed by atoms with van der Waals surface area (Å²) in [4.78, 5) is 1.51. The topological polar surface area (TPSA) is 55.6 Å². The number of tetrazole rings is 1. The molecule has 0 unspecified atom stereocenters. The summed E-state index contributed by atoms with van der Waals surface area (Å²) >= 11 is 6.25. The van der Waals surface area contributed by atoms with Crippen LogP contribution in [0.3, 0.4) is 0 Å². The predicted molar refractivity (Wildman–Crippen MR) is 82.4 cm³/mol. The third-order valence-electron chi connectivity index (χ3n) is 3.11. The number of benzene rings is 2. The average molecular weight is 300 g/mol. The van der Waals surface area contributed by atoms with Crippen molar-refractivity contribution in [1.82, 2.24) is 25.5 Å². The van der Waals surface area contributed by atoms with Crippen LogP contribution in [0.5, 0.6) is 0 Å². The molecule has 1 aromatic heterocycles. The molecule has 6 heteroatoms. The van der Waals surface area contributed by atoms with Crippen molar-refractivity contribution in [2.24, 2.45) is 0 Å². The summed E-state index contributed by atoms with van der Waals surface area (Å²) in [5.41, 5.74) is 2.70. The Balaban J connectivity index is 2.03. The molecule has 0 radical (unpaired) electrons. The van der Waals surface area contributed by atoms with Gasteiger partial charge in [0, 0.05) is 22.7 Å². The first kappa shape index (κ1) is 13.7. The van der Waals surface area contributed by atoms with Crippen LogP contribution in [-0.2, 0) is 6.54 Å². The minimum Gasteiger partial charge on any atom is -0.316 e. The molecule has 0 saturated carbocycles. The molecule has 0 aliphatic rings. The third kappa shape index (κ3) is 2.79. The zero-order chi connectivity index (χ0) is 14.7. The van der Waals surface area contributed by atoms with Gasteiger partial charge in [0.15, 0.2) is 0 Å². The highest BCUT2D eigenvalue weighted by molar-refractivity contribution is 6.31. The van der Waals surface area contributed by atoms with E-state index in [2.05, 4.69) is 20.7 Å². The van der Waals surface area contributed by atoms with Crippen molar-refractivity contribution in [3.8, 4) is 17.1 Å². The minimum absolute atomic E-state index is 0.589. The Hall–Kier alpha value is -2.24. The van der Waals surface area contributed by atoms with Gasteiger partial charge in [0.05, 0.1) is 5.69 Å². The normalized spacial score (nSPS) is 10.8. The number of nitrogens with zero attached hydrogens (tertiary/aromatic N) is 4. The molecule has 3 rings (SSSR count). The van der Waals surface area contributed by atoms with Crippen LogP contribution < -0.4 is 5.32 Å². The van der Waals surface area contributed by atoms with Crippen molar-refractivity contribution >= 4 is 11.6 Å². The highest BCUT2D eigenvalue weighted by atomic mass is 35.5. The van der Waals surface area contributed by atoms with E-state index >= 15 is 0 Å². The fraction of sp³-hybridized carbons (Fsp3) is 0.133. The molecule has 0 bridgehead atoms. The number of aromatic nitrogens is 4. The molecule has 0 aliphatic carbocycles. The van der Waals surface area contributed by atoms with Gasteiger partial charge in [-0.1, -0.05) is 48.0 Å². The van der Waals surface area contributed by atoms with Crippen LogP contribution in [0.25, 0.3) is 17.1 Å². The largest absolute Gasteiger partial charge is 0.316 e. The highest BCUT2D eigenvalue weighted by Crippen LogP contribution is 2.23. The molecule has 1 N–H and O–H groups in total. The zero-order valence-electron chi connectivity index (χ0n) is 11.5. The summed E-state index contributed by atoms with van der Waals surface area (Å²) in [6.07, 6.45) is 0. The van der Waals surface area contributed by atoms with Gasteiger partial charge in [-0.15, -0.1) is 15.0 Å². The Bertz CT molecular complexity index is 739. The van der Waals surface area contributed by atoms with Gasteiger partial charge in [-0.3, -0.25) is 0 Å². The maximum absolute atomic E-state index is 6.25. The quantitative estimate of drug-likeness (QED) is 0.805. The van der Waals surface area contributed by atoms with E-state index in [4.69, 9.17) is 11.6 Å². The van der Waals surface area contributed by atoms with Crippen molar-refractivity contribution in [3.05, 3.63) is 59.1 Å². The fourth-order valence-electron chi connectivity index (χ4n) is 2.11. The standard InChI is InChI=1S/C15H14ClN5/c1-17-10-12-13(16)8-5-9-14(12)21-19-15(18-20-21)11-6-3-2-4-7-11/h2-9,17H,10H2,1H3. The van der Waals surface area contributed by atoms with Gasteiger partial charge in [0.1, 0.15) is 0 Å². The summed E-state index contributed by atoms with van der Waals surface area (Å²) in [6.45, 7) is 0.636. The summed E-state index contributed by atoms with van der Waals surface area (Å²) in [7, 11) is 1.87. The van der Waals surface area contributed by atoms with Crippen LogP contribution in [-0.4, -0.2) is 27.3 Å². The van der Waals surface area contributed by atoms with E-state index in [1.807, 2.05) is 55.6 Å². The van der Waals surface area contributed by atoms with Crippen molar-refractivity contribution in [1.29, 1.82) is 0 Å². The Morgan fingerprint density at radius 1 is 1.10 bits per heavy atom. The lowest BCUT2D eigenvalue weighted by molar-refractivity contribution is 0.701. The lowest BCUT2D eigenvalue weighted by Gasteiger charge is -2.09. The second-order valence-corrected chi connectivity index (χ2v) is 4.94. The molecule has 0 amide bonds. The van der Waals surface area contributed by atoms with Gasteiger partial charge in [-0.25, -0.2) is 0 Å². The maximum atomic E-state index is 6.25. The summed E-state index contributed by atoms with van der Waals surface area (Å²) in [5.74, 6) is 0.589. The molecule has 1 heterocycles. The Morgan fingerprint density at radius 2 is 1.90 bits per heavy atom. The van der Waals surface area contributed by atoms with E-state index in [1.54, 1.807) is 0 Å². The SMILES string of the molecule is CNCc1c(Cl)cccc1-n1nnc(-c2ccccc2)n1. The van der Waals surface area contributed by atoms with Gasteiger partial charge < -0.3 is 5.32 Å². The van der Waals surface area contributed by atoms with Crippen molar-refractivity contribution in [3.63, 3.8) is 0 Å². The van der Waals surface area contributed by atoms with E-state index in [9.17, 15) is 0 Å². The molecule has 5 nitrogen and oxygen atoms in total. The molecule has 21 heavy (non-hydrogen) atoms. The highest BCUT2D eigenvalue weighted by Gasteiger charge is 2.12. The third-order valence-corrected chi connectivity index (χ3v) is 3.46. The molecular formula is C15H14ClN5. The molecule has 0 atom stereocenters. The second kappa shape index (κ2) is 6.03. The van der Waals surface area contributed by atoms with E-state index in [1.165, 1.54) is 4.80 Å². The van der Waals surface area contributed by atoms with Gasteiger partial charge in [-0.05, 0) is 24.4 Å². The number of rotatable bonds is 4. The predicted octanol–water partition coefficient (Wildman–Crippen LogP) is 2.70. The Morgan fingerprint density at radius 3 is 2.67 bits per heavy atom. The number of halogens is 1. The number of hydrogen-bond acceptors (Lipinski definition) is 4. The van der Waals surface area contributed by atoms with Crippen molar-refractivity contribution in [2.75, 3.05) is 7.05 Å². The molecule has 0 aliphatic heterocycles. The van der Waals surface area contributed by atoms with Crippen molar-refractivity contribution < 1.29 is 0 Å². The molecule has 2 aromatic carbocycles. The first-order chi connectivity index (χ1) is 10.3. The molecule has 0 spiro atoms. The number of hydrogen-bond donors (Lipinski definition) is 1. The van der Waals surface area contributed by atoms with Crippen LogP contribution in [0.15, 0.2) is 48.5 Å². The number of nitrogens with one attached hydrogen (secondary N) is 1. The molecular weight excluding hydrogens is 286 g/mol. The Labute approximate surface area is 127 Å².